The Morgan fingerprint density at radius 1 is 1.05 bits per heavy atom. The number of piperidine rings is 1. The predicted octanol–water partition coefficient (Wildman–Crippen LogP) is 1.91. The van der Waals surface area contributed by atoms with Crippen LogP contribution in [0.15, 0.2) is 34.1 Å². The average molecular weight is 321 g/mol. The molecule has 5 nitrogen and oxygen atoms in total. The van der Waals surface area contributed by atoms with E-state index in [1.165, 1.54) is 4.31 Å². The molecular formula is C12H16FNO4S2. The van der Waals surface area contributed by atoms with Gasteiger partial charge in [-0.05, 0) is 44.0 Å². The van der Waals surface area contributed by atoms with Crippen molar-refractivity contribution >= 4 is 20.2 Å². The van der Waals surface area contributed by atoms with Gasteiger partial charge in [0.15, 0.2) is 0 Å². The Balaban J connectivity index is 2.35. The molecular weight excluding hydrogens is 305 g/mol. The van der Waals surface area contributed by atoms with Crippen molar-refractivity contribution in [2.45, 2.75) is 42.0 Å². The Morgan fingerprint density at radius 2 is 1.60 bits per heavy atom. The van der Waals surface area contributed by atoms with Crippen molar-refractivity contribution < 1.29 is 20.7 Å². The number of hydrogen-bond donors (Lipinski definition) is 0. The van der Waals surface area contributed by atoms with Crippen molar-refractivity contribution in [2.24, 2.45) is 0 Å². The molecule has 1 unspecified atom stereocenters. The van der Waals surface area contributed by atoms with Crippen LogP contribution in [0.5, 0.6) is 0 Å². The van der Waals surface area contributed by atoms with Crippen molar-refractivity contribution in [1.29, 1.82) is 0 Å². The Bertz CT molecular complexity index is 683. The SMILES string of the molecule is CC1CCCCN1S(=O)(=O)c1ccc(S(=O)(=O)F)cc1. The van der Waals surface area contributed by atoms with Crippen molar-refractivity contribution in [3.63, 3.8) is 0 Å². The molecule has 0 bridgehead atoms. The average Bonchev–Trinajstić information content (AvgIpc) is 2.38. The first kappa shape index (κ1) is 15.4. The number of hydrogen-bond acceptors (Lipinski definition) is 4. The second-order valence-corrected chi connectivity index (χ2v) is 8.11. The zero-order chi connectivity index (χ0) is 15.0. The van der Waals surface area contributed by atoms with E-state index in [9.17, 15) is 20.7 Å². The van der Waals surface area contributed by atoms with E-state index in [2.05, 4.69) is 0 Å². The summed E-state index contributed by atoms with van der Waals surface area (Å²) in [5.41, 5.74) is 0. The molecule has 8 heteroatoms. The van der Waals surface area contributed by atoms with Gasteiger partial charge in [0.05, 0.1) is 9.79 Å². The number of halogens is 1. The number of rotatable bonds is 3. The topological polar surface area (TPSA) is 71.5 Å². The third-order valence-corrected chi connectivity index (χ3v) is 6.32. The molecule has 1 fully saturated rings. The van der Waals surface area contributed by atoms with Crippen LogP contribution < -0.4 is 0 Å². The van der Waals surface area contributed by atoms with Crippen LogP contribution in [0.4, 0.5) is 3.89 Å². The summed E-state index contributed by atoms with van der Waals surface area (Å²) >= 11 is 0. The first-order valence-corrected chi connectivity index (χ1v) is 9.12. The van der Waals surface area contributed by atoms with Gasteiger partial charge in [-0.15, -0.1) is 3.89 Å². The van der Waals surface area contributed by atoms with Gasteiger partial charge in [-0.25, -0.2) is 8.42 Å². The fourth-order valence-electron chi connectivity index (χ4n) is 2.34. The molecule has 0 N–H and O–H groups in total. The van der Waals surface area contributed by atoms with Crippen molar-refractivity contribution in [3.05, 3.63) is 24.3 Å². The lowest BCUT2D eigenvalue weighted by Gasteiger charge is -2.32. The normalized spacial score (nSPS) is 21.8. The van der Waals surface area contributed by atoms with Gasteiger partial charge in [0.2, 0.25) is 10.0 Å². The molecule has 112 valence electrons. The van der Waals surface area contributed by atoms with Gasteiger partial charge in [-0.1, -0.05) is 6.42 Å². The minimum atomic E-state index is -4.81. The van der Waals surface area contributed by atoms with Gasteiger partial charge in [0.25, 0.3) is 0 Å². The molecule has 20 heavy (non-hydrogen) atoms. The molecule has 0 saturated carbocycles. The lowest BCUT2D eigenvalue weighted by atomic mass is 10.1. The summed E-state index contributed by atoms with van der Waals surface area (Å²) < 4.78 is 60.5. The summed E-state index contributed by atoms with van der Waals surface area (Å²) in [6.45, 7) is 2.30. The molecule has 1 heterocycles. The summed E-state index contributed by atoms with van der Waals surface area (Å²) in [5, 5.41) is 0. The van der Waals surface area contributed by atoms with Gasteiger partial charge < -0.3 is 0 Å². The van der Waals surface area contributed by atoms with Crippen molar-refractivity contribution in [3.8, 4) is 0 Å². The van der Waals surface area contributed by atoms with E-state index in [0.29, 0.717) is 6.54 Å². The van der Waals surface area contributed by atoms with E-state index in [0.717, 1.165) is 43.5 Å². The van der Waals surface area contributed by atoms with Crippen LogP contribution >= 0.6 is 0 Å². The Hall–Kier alpha value is -0.990. The maximum atomic E-state index is 12.8. The third kappa shape index (κ3) is 3.02. The van der Waals surface area contributed by atoms with Gasteiger partial charge in [0.1, 0.15) is 0 Å². The van der Waals surface area contributed by atoms with E-state index < -0.39 is 25.1 Å². The molecule has 2 rings (SSSR count). The monoisotopic (exact) mass is 321 g/mol. The molecule has 1 aromatic rings. The van der Waals surface area contributed by atoms with Crippen LogP contribution in [-0.4, -0.2) is 33.7 Å². The molecule has 0 amide bonds. The minimum absolute atomic E-state index is 0.0151. The lowest BCUT2D eigenvalue weighted by Crippen LogP contribution is -2.41. The highest BCUT2D eigenvalue weighted by Crippen LogP contribution is 2.26. The zero-order valence-electron chi connectivity index (χ0n) is 11.0. The van der Waals surface area contributed by atoms with E-state index in [4.69, 9.17) is 0 Å². The molecule has 0 radical (unpaired) electrons. The maximum absolute atomic E-state index is 12.8. The zero-order valence-corrected chi connectivity index (χ0v) is 12.6. The van der Waals surface area contributed by atoms with Crippen LogP contribution in [0.2, 0.25) is 0 Å². The Kier molecular flexibility index (Phi) is 4.17. The van der Waals surface area contributed by atoms with Crippen LogP contribution in [-0.2, 0) is 20.2 Å². The van der Waals surface area contributed by atoms with Gasteiger partial charge in [0, 0.05) is 12.6 Å². The second-order valence-electron chi connectivity index (χ2n) is 4.87. The molecule has 0 aromatic heterocycles. The van der Waals surface area contributed by atoms with Gasteiger partial charge in [-0.3, -0.25) is 0 Å². The highest BCUT2D eigenvalue weighted by Gasteiger charge is 2.31. The molecule has 1 aromatic carbocycles. The smallest absolute Gasteiger partial charge is 0.207 e. The van der Waals surface area contributed by atoms with Crippen molar-refractivity contribution in [1.82, 2.24) is 4.31 Å². The van der Waals surface area contributed by atoms with Crippen LogP contribution in [0.3, 0.4) is 0 Å². The maximum Gasteiger partial charge on any atom is 0.332 e. The van der Waals surface area contributed by atoms with E-state index in [1.54, 1.807) is 0 Å². The Morgan fingerprint density at radius 3 is 2.10 bits per heavy atom. The first-order valence-electron chi connectivity index (χ1n) is 6.29. The van der Waals surface area contributed by atoms with Crippen LogP contribution in [0.25, 0.3) is 0 Å². The van der Waals surface area contributed by atoms with Crippen LogP contribution in [0, 0.1) is 0 Å². The van der Waals surface area contributed by atoms with Crippen molar-refractivity contribution in [2.75, 3.05) is 6.54 Å². The summed E-state index contributed by atoms with van der Waals surface area (Å²) in [7, 11) is -8.47. The summed E-state index contributed by atoms with van der Waals surface area (Å²) in [6.07, 6.45) is 2.60. The molecule has 1 atom stereocenters. The highest BCUT2D eigenvalue weighted by atomic mass is 32.3. The molecule has 1 saturated heterocycles. The Labute approximate surface area is 118 Å². The summed E-state index contributed by atoms with van der Waals surface area (Å²) in [5.74, 6) is 0. The third-order valence-electron chi connectivity index (χ3n) is 3.45. The van der Waals surface area contributed by atoms with Gasteiger partial charge in [-0.2, -0.15) is 12.7 Å². The van der Waals surface area contributed by atoms with E-state index in [-0.39, 0.29) is 10.9 Å². The number of nitrogens with zero attached hydrogens (tertiary/aromatic N) is 1. The summed E-state index contributed by atoms with van der Waals surface area (Å²) in [4.78, 5) is -0.554. The summed E-state index contributed by atoms with van der Waals surface area (Å²) in [6, 6.07) is 4.11. The van der Waals surface area contributed by atoms with E-state index >= 15 is 0 Å². The molecule has 1 aliphatic rings. The number of benzene rings is 1. The fourth-order valence-corrected chi connectivity index (χ4v) is 4.50. The minimum Gasteiger partial charge on any atom is -0.207 e. The molecule has 1 aliphatic heterocycles. The second kappa shape index (κ2) is 5.42. The largest absolute Gasteiger partial charge is 0.332 e. The number of sulfonamides is 1. The highest BCUT2D eigenvalue weighted by molar-refractivity contribution is 7.89. The predicted molar refractivity (Wildman–Crippen MR) is 71.9 cm³/mol. The van der Waals surface area contributed by atoms with Gasteiger partial charge >= 0.3 is 10.2 Å². The van der Waals surface area contributed by atoms with E-state index in [1.807, 2.05) is 6.92 Å². The molecule has 0 aliphatic carbocycles. The first-order chi connectivity index (χ1) is 9.23. The lowest BCUT2D eigenvalue weighted by molar-refractivity contribution is 0.268. The standard InChI is InChI=1S/C12H16FNO4S2/c1-10-4-2-3-9-14(10)20(17,18)12-7-5-11(6-8-12)19(13,15)16/h5-8,10H,2-4,9H2,1H3. The van der Waals surface area contributed by atoms with Crippen LogP contribution in [0.1, 0.15) is 26.2 Å². The fraction of sp³-hybridized carbons (Fsp3) is 0.500. The molecule has 0 spiro atoms. The quantitative estimate of drug-likeness (QED) is 0.797.